The third-order valence-electron chi connectivity index (χ3n) is 5.05. The van der Waals surface area contributed by atoms with Crippen molar-refractivity contribution in [3.8, 4) is 17.2 Å². The summed E-state index contributed by atoms with van der Waals surface area (Å²) in [6.07, 6.45) is 0. The van der Waals surface area contributed by atoms with Crippen LogP contribution >= 0.6 is 0 Å². The lowest BCUT2D eigenvalue weighted by Crippen LogP contribution is -2.36. The van der Waals surface area contributed by atoms with Crippen molar-refractivity contribution in [1.29, 1.82) is 0 Å². The highest BCUT2D eigenvalue weighted by Crippen LogP contribution is 2.33. The number of benzene rings is 2. The first-order valence-electron chi connectivity index (χ1n) is 10.5. The summed E-state index contributed by atoms with van der Waals surface area (Å²) in [4.78, 5) is 28.6. The van der Waals surface area contributed by atoms with E-state index in [9.17, 15) is 14.7 Å². The van der Waals surface area contributed by atoms with Crippen molar-refractivity contribution in [1.82, 2.24) is 10.3 Å². The average molecular weight is 469 g/mol. The summed E-state index contributed by atoms with van der Waals surface area (Å²) in [6.45, 7) is 3.43. The maximum absolute atomic E-state index is 12.7. The first-order chi connectivity index (χ1) is 16.3. The molecule has 0 aliphatic rings. The second kappa shape index (κ2) is 10.7. The van der Waals surface area contributed by atoms with Crippen LogP contribution in [0.5, 0.6) is 17.2 Å². The fourth-order valence-corrected chi connectivity index (χ4v) is 3.48. The molecule has 0 aliphatic carbocycles. The van der Waals surface area contributed by atoms with Gasteiger partial charge in [-0.1, -0.05) is 6.07 Å². The van der Waals surface area contributed by atoms with E-state index in [1.54, 1.807) is 50.2 Å². The van der Waals surface area contributed by atoms with Crippen molar-refractivity contribution in [3.05, 3.63) is 53.2 Å². The summed E-state index contributed by atoms with van der Waals surface area (Å²) in [7, 11) is 1.46. The summed E-state index contributed by atoms with van der Waals surface area (Å²) in [5.74, 6) is -0.344. The van der Waals surface area contributed by atoms with Gasteiger partial charge in [0.25, 0.3) is 5.91 Å². The van der Waals surface area contributed by atoms with Crippen LogP contribution in [0, 0.1) is 6.92 Å². The molecule has 0 spiro atoms. The van der Waals surface area contributed by atoms with Gasteiger partial charge in [0, 0.05) is 5.56 Å². The van der Waals surface area contributed by atoms with Crippen LogP contribution < -0.4 is 25.3 Å². The number of aromatic carboxylic acids is 1. The fraction of sp³-hybridized carbons (Fsp3) is 0.292. The molecule has 3 rings (SSSR count). The number of aromatic nitrogens is 1. The number of nitrogens with two attached hydrogens (primary N) is 1. The lowest BCUT2D eigenvalue weighted by Gasteiger charge is -2.18. The molecule has 0 fully saturated rings. The Kier molecular flexibility index (Phi) is 7.75. The number of nitrogen functional groups attached to an aromatic ring is 1. The van der Waals surface area contributed by atoms with Gasteiger partial charge >= 0.3 is 5.97 Å². The minimum Gasteiger partial charge on any atom is -0.493 e. The Balaban J connectivity index is 1.73. The molecule has 0 aliphatic heterocycles. The standard InChI is InChI=1S/C24H27N3O7/c1-13(26-23(29)15-7-8-17(33-10-9-28)19(11-15)32-3)12-34-18-6-4-5-16-21(18)22(25)20(24(30)31)14(2)27-16/h4-8,11,13,28H,9-10,12H2,1-3H3,(H2,25,27)(H,26,29)(H,30,31)/t13-/m0/s1. The Morgan fingerprint density at radius 2 is 1.91 bits per heavy atom. The van der Waals surface area contributed by atoms with Gasteiger partial charge in [-0.2, -0.15) is 0 Å². The number of amides is 1. The quantitative estimate of drug-likeness (QED) is 0.350. The van der Waals surface area contributed by atoms with Crippen LogP contribution in [0.25, 0.3) is 10.9 Å². The number of anilines is 1. The smallest absolute Gasteiger partial charge is 0.339 e. The second-order valence-electron chi connectivity index (χ2n) is 7.56. The molecule has 3 aromatic rings. The number of carboxylic acids is 1. The van der Waals surface area contributed by atoms with Crippen molar-refractivity contribution < 1.29 is 34.0 Å². The van der Waals surface area contributed by atoms with Gasteiger partial charge in [0.15, 0.2) is 11.5 Å². The monoisotopic (exact) mass is 469 g/mol. The summed E-state index contributed by atoms with van der Waals surface area (Å²) in [5, 5.41) is 21.6. The summed E-state index contributed by atoms with van der Waals surface area (Å²) in [5.41, 5.74) is 7.36. The number of carbonyl (C=O) groups excluding carboxylic acids is 1. The number of aryl methyl sites for hydroxylation is 1. The van der Waals surface area contributed by atoms with E-state index in [2.05, 4.69) is 10.3 Å². The molecule has 1 amide bonds. The molecule has 0 saturated heterocycles. The molecule has 0 unspecified atom stereocenters. The lowest BCUT2D eigenvalue weighted by atomic mass is 10.1. The Hall–Kier alpha value is -4.05. The number of nitrogens with zero attached hydrogens (tertiary/aromatic N) is 1. The van der Waals surface area contributed by atoms with Gasteiger partial charge in [-0.15, -0.1) is 0 Å². The molecule has 10 nitrogen and oxygen atoms in total. The fourth-order valence-electron chi connectivity index (χ4n) is 3.48. The Bertz CT molecular complexity index is 1210. The first-order valence-corrected chi connectivity index (χ1v) is 10.5. The molecule has 2 aromatic carbocycles. The number of hydrogen-bond acceptors (Lipinski definition) is 8. The molecule has 5 N–H and O–H groups in total. The molecule has 180 valence electrons. The molecule has 0 saturated carbocycles. The normalized spacial score (nSPS) is 11.6. The van der Waals surface area contributed by atoms with E-state index < -0.39 is 12.0 Å². The van der Waals surface area contributed by atoms with Gasteiger partial charge in [-0.25, -0.2) is 4.79 Å². The van der Waals surface area contributed by atoms with Crippen molar-refractivity contribution in [2.75, 3.05) is 32.7 Å². The van der Waals surface area contributed by atoms with Gasteiger partial charge < -0.3 is 35.5 Å². The molecular weight excluding hydrogens is 442 g/mol. The number of rotatable bonds is 10. The van der Waals surface area contributed by atoms with Crippen LogP contribution in [-0.2, 0) is 0 Å². The number of ether oxygens (including phenoxy) is 3. The SMILES string of the molecule is COc1cc(C(=O)N[C@@H](C)COc2cccc3nc(C)c(C(=O)O)c(N)c23)ccc1OCCO. The predicted molar refractivity (Wildman–Crippen MR) is 126 cm³/mol. The van der Waals surface area contributed by atoms with E-state index >= 15 is 0 Å². The molecule has 1 heterocycles. The maximum atomic E-state index is 12.7. The summed E-state index contributed by atoms with van der Waals surface area (Å²) in [6, 6.07) is 9.47. The van der Waals surface area contributed by atoms with Crippen molar-refractivity contribution in [2.24, 2.45) is 0 Å². The minimum atomic E-state index is -1.16. The summed E-state index contributed by atoms with van der Waals surface area (Å²) >= 11 is 0. The topological polar surface area (TPSA) is 153 Å². The number of hydrogen-bond donors (Lipinski definition) is 4. The second-order valence-corrected chi connectivity index (χ2v) is 7.56. The molecule has 1 atom stereocenters. The number of carboxylic acid groups (broad SMARTS) is 1. The zero-order valence-corrected chi connectivity index (χ0v) is 19.1. The van der Waals surface area contributed by atoms with E-state index in [-0.39, 0.29) is 37.0 Å². The molecular formula is C24H27N3O7. The van der Waals surface area contributed by atoms with E-state index in [0.717, 1.165) is 0 Å². The van der Waals surface area contributed by atoms with Gasteiger partial charge in [0.05, 0.1) is 42.0 Å². The Morgan fingerprint density at radius 3 is 2.59 bits per heavy atom. The highest BCUT2D eigenvalue weighted by Gasteiger charge is 2.20. The molecule has 0 radical (unpaired) electrons. The van der Waals surface area contributed by atoms with E-state index in [1.165, 1.54) is 7.11 Å². The number of fused-ring (bicyclic) bond motifs is 1. The molecule has 1 aromatic heterocycles. The number of pyridine rings is 1. The third kappa shape index (κ3) is 5.29. The van der Waals surface area contributed by atoms with Crippen LogP contribution in [0.3, 0.4) is 0 Å². The van der Waals surface area contributed by atoms with E-state index in [4.69, 9.17) is 25.1 Å². The van der Waals surface area contributed by atoms with Gasteiger partial charge in [-0.05, 0) is 44.2 Å². The number of methoxy groups -OCH3 is 1. The average Bonchev–Trinajstić information content (AvgIpc) is 2.80. The van der Waals surface area contributed by atoms with Gasteiger partial charge in [0.1, 0.15) is 24.5 Å². The number of aliphatic hydroxyl groups is 1. The minimum absolute atomic E-state index is 0.0646. The highest BCUT2D eigenvalue weighted by atomic mass is 16.5. The lowest BCUT2D eigenvalue weighted by molar-refractivity contribution is 0.0696. The van der Waals surface area contributed by atoms with Crippen molar-refractivity contribution >= 4 is 28.5 Å². The predicted octanol–water partition coefficient (Wildman–Crippen LogP) is 2.40. The number of carbonyl (C=O) groups is 2. The zero-order chi connectivity index (χ0) is 24.8. The number of nitrogens with one attached hydrogen (secondary N) is 1. The van der Waals surface area contributed by atoms with Gasteiger partial charge in [-0.3, -0.25) is 9.78 Å². The largest absolute Gasteiger partial charge is 0.493 e. The highest BCUT2D eigenvalue weighted by molar-refractivity contribution is 6.06. The maximum Gasteiger partial charge on any atom is 0.339 e. The van der Waals surface area contributed by atoms with Crippen LogP contribution in [0.2, 0.25) is 0 Å². The van der Waals surface area contributed by atoms with Crippen molar-refractivity contribution in [3.63, 3.8) is 0 Å². The zero-order valence-electron chi connectivity index (χ0n) is 19.1. The van der Waals surface area contributed by atoms with Gasteiger partial charge in [0.2, 0.25) is 0 Å². The number of aliphatic hydroxyl groups excluding tert-OH is 1. The van der Waals surface area contributed by atoms with Crippen LogP contribution in [0.1, 0.15) is 33.3 Å². The Morgan fingerprint density at radius 1 is 1.15 bits per heavy atom. The van der Waals surface area contributed by atoms with E-state index in [1.807, 2.05) is 0 Å². The van der Waals surface area contributed by atoms with Crippen LogP contribution in [0.15, 0.2) is 36.4 Å². The first kappa shape index (κ1) is 24.6. The molecule has 34 heavy (non-hydrogen) atoms. The molecule has 0 bridgehead atoms. The Labute approximate surface area is 196 Å². The third-order valence-corrected chi connectivity index (χ3v) is 5.05. The van der Waals surface area contributed by atoms with Crippen molar-refractivity contribution in [2.45, 2.75) is 19.9 Å². The van der Waals surface area contributed by atoms with Crippen LogP contribution in [0.4, 0.5) is 5.69 Å². The van der Waals surface area contributed by atoms with E-state index in [0.29, 0.717) is 39.4 Å². The molecule has 10 heteroatoms. The summed E-state index contributed by atoms with van der Waals surface area (Å²) < 4.78 is 16.5. The van der Waals surface area contributed by atoms with Crippen LogP contribution in [-0.4, -0.2) is 60.0 Å².